The molecule has 0 amide bonds. The topological polar surface area (TPSA) is 48.8 Å². The molecule has 5 heteroatoms. The Morgan fingerprint density at radius 2 is 2.09 bits per heavy atom. The molecule has 11 heavy (non-hydrogen) atoms. The van der Waals surface area contributed by atoms with Crippen LogP contribution in [0.1, 0.15) is 0 Å². The molecule has 0 bridgehead atoms. The van der Waals surface area contributed by atoms with Gasteiger partial charge in [0.25, 0.3) is 0 Å². The normalized spacial score (nSPS) is 8.91. The van der Waals surface area contributed by atoms with Gasteiger partial charge in [-0.3, -0.25) is 0 Å². The second-order valence-electron chi connectivity index (χ2n) is 1.79. The molecule has 0 heterocycles. The monoisotopic (exact) mass is 187 g/mol. The van der Waals surface area contributed by atoms with Gasteiger partial charge < -0.3 is 0 Å². The Morgan fingerprint density at radius 1 is 1.36 bits per heavy atom. The summed E-state index contributed by atoms with van der Waals surface area (Å²) < 4.78 is 0. The predicted molar refractivity (Wildman–Crippen MR) is 45.3 cm³/mol. The Bertz CT molecular complexity index is 318. The number of benzene rings is 1. The molecule has 0 spiro atoms. The average Bonchev–Trinajstić information content (AvgIpc) is 1.98. The Balaban J connectivity index is 3.22. The maximum Gasteiger partial charge on any atom is 0.0576 e. The van der Waals surface area contributed by atoms with E-state index in [9.17, 15) is 0 Å². The van der Waals surface area contributed by atoms with Gasteiger partial charge in [0.15, 0.2) is 0 Å². The molecule has 0 aliphatic carbocycles. The summed E-state index contributed by atoms with van der Waals surface area (Å²) in [6, 6.07) is 4.71. The van der Waals surface area contributed by atoms with Crippen LogP contribution >= 0.6 is 23.2 Å². The molecule has 0 unspecified atom stereocenters. The fourth-order valence-corrected chi connectivity index (χ4v) is 0.932. The summed E-state index contributed by atoms with van der Waals surface area (Å²) in [5.74, 6) is 0. The highest BCUT2D eigenvalue weighted by atomic mass is 35.5. The SMILES string of the molecule is [N-]=[N+]=Nc1cc(Cl)ccc1Cl. The van der Waals surface area contributed by atoms with Crippen molar-refractivity contribution in [1.82, 2.24) is 0 Å². The highest BCUT2D eigenvalue weighted by Gasteiger charge is 1.96. The molecule has 1 rings (SSSR count). The van der Waals surface area contributed by atoms with Crippen LogP contribution in [-0.4, -0.2) is 0 Å². The number of nitrogens with zero attached hydrogens (tertiary/aromatic N) is 3. The molecule has 0 saturated carbocycles. The standard InChI is InChI=1S/C6H3Cl2N3/c7-4-1-2-5(8)6(3-4)10-11-9/h1-3H. The van der Waals surface area contributed by atoms with Gasteiger partial charge in [0, 0.05) is 9.93 Å². The third-order valence-corrected chi connectivity index (χ3v) is 1.62. The fraction of sp³-hybridized carbons (Fsp3) is 0. The van der Waals surface area contributed by atoms with Crippen molar-refractivity contribution in [3.05, 3.63) is 38.7 Å². The Hall–Kier alpha value is -0.890. The van der Waals surface area contributed by atoms with Gasteiger partial charge in [-0.05, 0) is 23.7 Å². The second kappa shape index (κ2) is 3.49. The summed E-state index contributed by atoms with van der Waals surface area (Å²) in [7, 11) is 0. The van der Waals surface area contributed by atoms with Crippen molar-refractivity contribution < 1.29 is 0 Å². The summed E-state index contributed by atoms with van der Waals surface area (Å²) in [6.45, 7) is 0. The van der Waals surface area contributed by atoms with Crippen LogP contribution in [0.4, 0.5) is 5.69 Å². The molecule has 56 valence electrons. The van der Waals surface area contributed by atoms with Gasteiger partial charge >= 0.3 is 0 Å². The number of hydrogen-bond donors (Lipinski definition) is 0. The summed E-state index contributed by atoms with van der Waals surface area (Å²) >= 11 is 11.3. The average molecular weight is 188 g/mol. The molecular formula is C6H3Cl2N3. The molecule has 3 nitrogen and oxygen atoms in total. The summed E-state index contributed by atoms with van der Waals surface area (Å²) in [6.07, 6.45) is 0. The van der Waals surface area contributed by atoms with E-state index in [1.807, 2.05) is 0 Å². The first-order valence-corrected chi connectivity index (χ1v) is 3.50. The smallest absolute Gasteiger partial charge is 0.0576 e. The first kappa shape index (κ1) is 8.21. The van der Waals surface area contributed by atoms with Crippen LogP contribution in [0, 0.1) is 0 Å². The van der Waals surface area contributed by atoms with Crippen molar-refractivity contribution in [3.8, 4) is 0 Å². The number of hydrogen-bond acceptors (Lipinski definition) is 1. The molecular weight excluding hydrogens is 185 g/mol. The van der Waals surface area contributed by atoms with Crippen molar-refractivity contribution in [2.75, 3.05) is 0 Å². The molecule has 0 aromatic heterocycles. The molecule has 0 radical (unpaired) electrons. The molecule has 0 aliphatic heterocycles. The molecule has 0 saturated heterocycles. The van der Waals surface area contributed by atoms with Crippen molar-refractivity contribution in [3.63, 3.8) is 0 Å². The van der Waals surface area contributed by atoms with E-state index < -0.39 is 0 Å². The summed E-state index contributed by atoms with van der Waals surface area (Å²) in [5.41, 5.74) is 8.44. The van der Waals surface area contributed by atoms with Gasteiger partial charge in [0.2, 0.25) is 0 Å². The zero-order chi connectivity index (χ0) is 8.27. The number of azide groups is 1. The van der Waals surface area contributed by atoms with Gasteiger partial charge in [-0.2, -0.15) is 0 Å². The molecule has 0 aliphatic rings. The first-order valence-electron chi connectivity index (χ1n) is 2.74. The van der Waals surface area contributed by atoms with Crippen LogP contribution in [0.25, 0.3) is 10.4 Å². The molecule has 0 N–H and O–H groups in total. The van der Waals surface area contributed by atoms with Crippen molar-refractivity contribution in [2.24, 2.45) is 5.11 Å². The van der Waals surface area contributed by atoms with E-state index in [1.54, 1.807) is 12.1 Å². The first-order chi connectivity index (χ1) is 5.24. The van der Waals surface area contributed by atoms with Crippen LogP contribution in [-0.2, 0) is 0 Å². The van der Waals surface area contributed by atoms with Gasteiger partial charge in [-0.25, -0.2) is 0 Å². The highest BCUT2D eigenvalue weighted by molar-refractivity contribution is 6.35. The fourth-order valence-electron chi connectivity index (χ4n) is 0.611. The summed E-state index contributed by atoms with van der Waals surface area (Å²) in [4.78, 5) is 2.59. The van der Waals surface area contributed by atoms with Gasteiger partial charge in [-0.15, -0.1) is 0 Å². The zero-order valence-electron chi connectivity index (χ0n) is 5.33. The van der Waals surface area contributed by atoms with Crippen LogP contribution in [0.5, 0.6) is 0 Å². The second-order valence-corrected chi connectivity index (χ2v) is 2.63. The van der Waals surface area contributed by atoms with E-state index >= 15 is 0 Å². The minimum atomic E-state index is 0.349. The lowest BCUT2D eigenvalue weighted by Crippen LogP contribution is -1.66. The minimum absolute atomic E-state index is 0.349. The zero-order valence-corrected chi connectivity index (χ0v) is 6.84. The third-order valence-electron chi connectivity index (χ3n) is 1.06. The van der Waals surface area contributed by atoms with E-state index in [-0.39, 0.29) is 0 Å². The van der Waals surface area contributed by atoms with Crippen LogP contribution in [0.15, 0.2) is 23.3 Å². The third kappa shape index (κ3) is 2.02. The van der Waals surface area contributed by atoms with Crippen molar-refractivity contribution in [1.29, 1.82) is 0 Å². The van der Waals surface area contributed by atoms with Crippen LogP contribution in [0.2, 0.25) is 10.0 Å². The van der Waals surface area contributed by atoms with E-state index in [0.717, 1.165) is 0 Å². The molecule has 1 aromatic rings. The van der Waals surface area contributed by atoms with Crippen molar-refractivity contribution in [2.45, 2.75) is 0 Å². The lowest BCUT2D eigenvalue weighted by Gasteiger charge is -1.95. The van der Waals surface area contributed by atoms with E-state index in [1.165, 1.54) is 6.07 Å². The minimum Gasteiger partial charge on any atom is -0.0843 e. The Kier molecular flexibility index (Phi) is 2.60. The molecule has 0 fully saturated rings. The van der Waals surface area contributed by atoms with Gasteiger partial charge in [0.1, 0.15) is 0 Å². The number of rotatable bonds is 1. The Labute approximate surface area is 73.2 Å². The molecule has 0 atom stereocenters. The van der Waals surface area contributed by atoms with Crippen LogP contribution in [0.3, 0.4) is 0 Å². The highest BCUT2D eigenvalue weighted by Crippen LogP contribution is 2.27. The van der Waals surface area contributed by atoms with E-state index in [0.29, 0.717) is 15.7 Å². The van der Waals surface area contributed by atoms with Gasteiger partial charge in [-0.1, -0.05) is 28.3 Å². The maximum atomic E-state index is 8.09. The quantitative estimate of drug-likeness (QED) is 0.364. The van der Waals surface area contributed by atoms with E-state index in [4.69, 9.17) is 28.7 Å². The lowest BCUT2D eigenvalue weighted by molar-refractivity contribution is 1.48. The summed E-state index contributed by atoms with van der Waals surface area (Å²) in [5, 5.41) is 4.22. The van der Waals surface area contributed by atoms with Crippen LogP contribution < -0.4 is 0 Å². The predicted octanol–water partition coefficient (Wildman–Crippen LogP) is 3.94. The lowest BCUT2D eigenvalue weighted by atomic mass is 10.3. The molecule has 1 aromatic carbocycles. The largest absolute Gasteiger partial charge is 0.0843 e. The maximum absolute atomic E-state index is 8.09. The van der Waals surface area contributed by atoms with Gasteiger partial charge in [0.05, 0.1) is 10.7 Å². The van der Waals surface area contributed by atoms with Crippen molar-refractivity contribution >= 4 is 28.9 Å². The Morgan fingerprint density at radius 3 is 2.73 bits per heavy atom. The van der Waals surface area contributed by atoms with E-state index in [2.05, 4.69) is 10.0 Å². The number of halogens is 2.